The van der Waals surface area contributed by atoms with Crippen molar-refractivity contribution < 1.29 is 4.74 Å². The average molecular weight is 260 g/mol. The molecular formula is C16H24N2O. The van der Waals surface area contributed by atoms with Gasteiger partial charge in [0.05, 0.1) is 12.4 Å². The number of nitrogens with two attached hydrogens (primary N) is 1. The molecule has 3 heteroatoms. The van der Waals surface area contributed by atoms with Crippen molar-refractivity contribution in [2.24, 2.45) is 11.1 Å². The van der Waals surface area contributed by atoms with Crippen LogP contribution >= 0.6 is 0 Å². The van der Waals surface area contributed by atoms with Gasteiger partial charge in [-0.1, -0.05) is 26.0 Å². The van der Waals surface area contributed by atoms with Gasteiger partial charge in [-0.3, -0.25) is 5.41 Å². The van der Waals surface area contributed by atoms with Gasteiger partial charge in [0.1, 0.15) is 5.75 Å². The van der Waals surface area contributed by atoms with Crippen molar-refractivity contribution in [3.63, 3.8) is 0 Å². The Labute approximate surface area is 115 Å². The Hall–Kier alpha value is -1.51. The largest absolute Gasteiger partial charge is 0.493 e. The van der Waals surface area contributed by atoms with Crippen molar-refractivity contribution in [1.82, 2.24) is 0 Å². The minimum atomic E-state index is 0.140. The molecular weight excluding hydrogens is 236 g/mol. The van der Waals surface area contributed by atoms with Gasteiger partial charge in [0.15, 0.2) is 0 Å². The Balaban J connectivity index is 1.88. The van der Waals surface area contributed by atoms with Crippen molar-refractivity contribution >= 4 is 5.84 Å². The highest BCUT2D eigenvalue weighted by atomic mass is 16.5. The minimum Gasteiger partial charge on any atom is -0.493 e. The normalized spacial score (nSPS) is 17.8. The number of hydrogen-bond donors (Lipinski definition) is 2. The summed E-state index contributed by atoms with van der Waals surface area (Å²) >= 11 is 0. The van der Waals surface area contributed by atoms with Crippen LogP contribution in [-0.2, 0) is 0 Å². The molecule has 1 unspecified atom stereocenters. The van der Waals surface area contributed by atoms with Crippen molar-refractivity contribution in [1.29, 1.82) is 5.41 Å². The van der Waals surface area contributed by atoms with Crippen LogP contribution < -0.4 is 10.5 Å². The minimum absolute atomic E-state index is 0.140. The fourth-order valence-corrected chi connectivity index (χ4v) is 2.32. The lowest BCUT2D eigenvalue weighted by Crippen LogP contribution is -2.21. The van der Waals surface area contributed by atoms with Crippen LogP contribution in [0.3, 0.4) is 0 Å². The van der Waals surface area contributed by atoms with E-state index < -0.39 is 0 Å². The zero-order chi connectivity index (χ0) is 13.9. The topological polar surface area (TPSA) is 59.1 Å². The van der Waals surface area contributed by atoms with E-state index in [1.807, 2.05) is 12.1 Å². The van der Waals surface area contributed by atoms with Gasteiger partial charge in [-0.2, -0.15) is 0 Å². The van der Waals surface area contributed by atoms with Gasteiger partial charge in [0, 0.05) is 11.8 Å². The summed E-state index contributed by atoms with van der Waals surface area (Å²) in [5.41, 5.74) is 6.98. The lowest BCUT2D eigenvalue weighted by atomic mass is 9.99. The van der Waals surface area contributed by atoms with E-state index >= 15 is 0 Å². The van der Waals surface area contributed by atoms with Crippen LogP contribution in [0.2, 0.25) is 0 Å². The molecule has 1 aromatic rings. The smallest absolute Gasteiger partial charge is 0.119 e. The van der Waals surface area contributed by atoms with Gasteiger partial charge in [-0.15, -0.1) is 0 Å². The summed E-state index contributed by atoms with van der Waals surface area (Å²) in [4.78, 5) is 0. The molecule has 1 saturated carbocycles. The zero-order valence-electron chi connectivity index (χ0n) is 11.9. The Morgan fingerprint density at radius 2 is 2.00 bits per heavy atom. The average Bonchev–Trinajstić information content (AvgIpc) is 3.15. The standard InChI is InChI=1S/C16H24N2O/c1-3-12(2)13-4-6-14(7-5-13)19-11-16(8-9-16)10-15(17)18/h4-7,12H,3,8-11H2,1-2H3,(H3,17,18). The molecule has 19 heavy (non-hydrogen) atoms. The van der Waals surface area contributed by atoms with Gasteiger partial charge >= 0.3 is 0 Å². The van der Waals surface area contributed by atoms with E-state index in [1.165, 1.54) is 5.56 Å². The van der Waals surface area contributed by atoms with Crippen LogP contribution in [0.1, 0.15) is 51.0 Å². The second kappa shape index (κ2) is 5.64. The Bertz CT molecular complexity index is 435. The molecule has 0 radical (unpaired) electrons. The second-order valence-electron chi connectivity index (χ2n) is 5.87. The monoisotopic (exact) mass is 260 g/mol. The van der Waals surface area contributed by atoms with Gasteiger partial charge < -0.3 is 10.5 Å². The van der Waals surface area contributed by atoms with Gasteiger partial charge in [-0.25, -0.2) is 0 Å². The molecule has 1 aliphatic carbocycles. The highest BCUT2D eigenvalue weighted by Gasteiger charge is 2.43. The van der Waals surface area contributed by atoms with Crippen LogP contribution in [0.25, 0.3) is 0 Å². The van der Waals surface area contributed by atoms with E-state index in [9.17, 15) is 0 Å². The van der Waals surface area contributed by atoms with Crippen LogP contribution in [0.4, 0.5) is 0 Å². The molecule has 1 fully saturated rings. The molecule has 0 saturated heterocycles. The van der Waals surface area contributed by atoms with E-state index in [0.717, 1.165) is 25.0 Å². The zero-order valence-corrected chi connectivity index (χ0v) is 11.9. The molecule has 104 valence electrons. The maximum atomic E-state index is 7.39. The quantitative estimate of drug-likeness (QED) is 0.580. The van der Waals surface area contributed by atoms with E-state index in [2.05, 4.69) is 26.0 Å². The Morgan fingerprint density at radius 3 is 2.47 bits per heavy atom. The molecule has 0 spiro atoms. The van der Waals surface area contributed by atoms with Crippen LogP contribution in [0, 0.1) is 10.8 Å². The summed E-state index contributed by atoms with van der Waals surface area (Å²) in [6.07, 6.45) is 4.06. The first-order valence-corrected chi connectivity index (χ1v) is 7.10. The molecule has 3 nitrogen and oxygen atoms in total. The van der Waals surface area contributed by atoms with Crippen molar-refractivity contribution in [3.05, 3.63) is 29.8 Å². The summed E-state index contributed by atoms with van der Waals surface area (Å²) in [6, 6.07) is 8.39. The summed E-state index contributed by atoms with van der Waals surface area (Å²) < 4.78 is 5.85. The highest BCUT2D eigenvalue weighted by Crippen LogP contribution is 2.48. The van der Waals surface area contributed by atoms with Crippen molar-refractivity contribution in [2.75, 3.05) is 6.61 Å². The van der Waals surface area contributed by atoms with Crippen molar-refractivity contribution in [3.8, 4) is 5.75 Å². The second-order valence-corrected chi connectivity index (χ2v) is 5.87. The molecule has 3 N–H and O–H groups in total. The van der Waals surface area contributed by atoms with Gasteiger partial charge in [-0.05, 0) is 42.9 Å². The molecule has 0 aromatic heterocycles. The van der Waals surface area contributed by atoms with Crippen LogP contribution in [0.15, 0.2) is 24.3 Å². The molecule has 2 rings (SSSR count). The molecule has 1 aliphatic rings. The van der Waals surface area contributed by atoms with E-state index in [-0.39, 0.29) is 11.3 Å². The lowest BCUT2D eigenvalue weighted by molar-refractivity contribution is 0.238. The number of benzene rings is 1. The first-order chi connectivity index (χ1) is 9.04. The molecule has 1 atom stereocenters. The van der Waals surface area contributed by atoms with E-state index in [1.54, 1.807) is 0 Å². The SMILES string of the molecule is CCC(C)c1ccc(OCC2(CC(=N)N)CC2)cc1. The predicted octanol–water partition coefficient (Wildman–Crippen LogP) is 3.69. The van der Waals surface area contributed by atoms with E-state index in [4.69, 9.17) is 15.9 Å². The third kappa shape index (κ3) is 3.72. The fraction of sp³-hybridized carbons (Fsp3) is 0.562. The summed E-state index contributed by atoms with van der Waals surface area (Å²) in [5, 5.41) is 7.39. The maximum Gasteiger partial charge on any atom is 0.119 e. The molecule has 0 amide bonds. The van der Waals surface area contributed by atoms with Gasteiger partial charge in [0.25, 0.3) is 0 Å². The van der Waals surface area contributed by atoms with Crippen molar-refractivity contribution in [2.45, 2.75) is 45.4 Å². The molecule has 1 aromatic carbocycles. The maximum absolute atomic E-state index is 7.39. The number of hydrogen-bond acceptors (Lipinski definition) is 2. The third-order valence-electron chi connectivity index (χ3n) is 4.13. The highest BCUT2D eigenvalue weighted by molar-refractivity contribution is 5.78. The molecule has 0 bridgehead atoms. The summed E-state index contributed by atoms with van der Waals surface area (Å²) in [7, 11) is 0. The summed E-state index contributed by atoms with van der Waals surface area (Å²) in [6.45, 7) is 5.12. The Morgan fingerprint density at radius 1 is 1.37 bits per heavy atom. The van der Waals surface area contributed by atoms with Crippen LogP contribution in [-0.4, -0.2) is 12.4 Å². The number of nitrogens with one attached hydrogen (secondary N) is 1. The number of amidine groups is 1. The first-order valence-electron chi connectivity index (χ1n) is 7.10. The fourth-order valence-electron chi connectivity index (χ4n) is 2.32. The molecule has 0 heterocycles. The van der Waals surface area contributed by atoms with Crippen LogP contribution in [0.5, 0.6) is 5.75 Å². The predicted molar refractivity (Wildman–Crippen MR) is 78.8 cm³/mol. The van der Waals surface area contributed by atoms with E-state index in [0.29, 0.717) is 18.9 Å². The lowest BCUT2D eigenvalue weighted by Gasteiger charge is -2.16. The summed E-state index contributed by atoms with van der Waals surface area (Å²) in [5.74, 6) is 1.79. The number of rotatable bonds is 7. The Kier molecular flexibility index (Phi) is 4.13. The number of ether oxygens (including phenoxy) is 1. The first kappa shape index (κ1) is 13.9. The van der Waals surface area contributed by atoms with Gasteiger partial charge in [0.2, 0.25) is 0 Å². The molecule has 0 aliphatic heterocycles. The third-order valence-corrected chi connectivity index (χ3v) is 4.13.